The molecule has 0 fully saturated rings. The first-order chi connectivity index (χ1) is 8.58. The lowest BCUT2D eigenvalue weighted by Crippen LogP contribution is -2.18. The summed E-state index contributed by atoms with van der Waals surface area (Å²) >= 11 is 1.53. The van der Waals surface area contributed by atoms with E-state index in [1.165, 1.54) is 17.3 Å². The van der Waals surface area contributed by atoms with Crippen molar-refractivity contribution >= 4 is 11.8 Å². The molecule has 96 valence electrons. The van der Waals surface area contributed by atoms with E-state index in [1.54, 1.807) is 18.5 Å². The largest absolute Gasteiger partial charge is 0.328 e. The summed E-state index contributed by atoms with van der Waals surface area (Å²) in [6.07, 6.45) is 4.29. The molecule has 0 spiro atoms. The van der Waals surface area contributed by atoms with Crippen LogP contribution in [0.15, 0.2) is 28.6 Å². The van der Waals surface area contributed by atoms with E-state index >= 15 is 0 Å². The Morgan fingerprint density at radius 1 is 1.39 bits per heavy atom. The van der Waals surface area contributed by atoms with Crippen molar-refractivity contribution in [3.05, 3.63) is 29.7 Å². The normalized spacial score (nSPS) is 12.7. The molecule has 2 aromatic heterocycles. The van der Waals surface area contributed by atoms with Crippen LogP contribution >= 0.6 is 11.8 Å². The van der Waals surface area contributed by atoms with Crippen molar-refractivity contribution in [3.8, 4) is 0 Å². The molecular weight excluding hydrogens is 246 g/mol. The van der Waals surface area contributed by atoms with Crippen LogP contribution in [0.3, 0.4) is 0 Å². The molecule has 2 aromatic rings. The highest BCUT2D eigenvalue weighted by molar-refractivity contribution is 7.99. The molecule has 2 heterocycles. The van der Waals surface area contributed by atoms with Gasteiger partial charge in [-0.2, -0.15) is 5.10 Å². The zero-order valence-corrected chi connectivity index (χ0v) is 11.6. The maximum Gasteiger partial charge on any atom is 0.193 e. The van der Waals surface area contributed by atoms with Crippen molar-refractivity contribution in [1.82, 2.24) is 19.7 Å². The summed E-state index contributed by atoms with van der Waals surface area (Å²) in [6, 6.07) is 1.92. The zero-order valence-electron chi connectivity index (χ0n) is 10.8. The third kappa shape index (κ3) is 2.88. The summed E-state index contributed by atoms with van der Waals surface area (Å²) in [5.74, 6) is 0. The van der Waals surface area contributed by atoms with Gasteiger partial charge < -0.3 is 5.73 Å². The van der Waals surface area contributed by atoms with Gasteiger partial charge in [-0.05, 0) is 38.1 Å². The molecule has 5 nitrogen and oxygen atoms in total. The Labute approximate surface area is 111 Å². The molecule has 1 unspecified atom stereocenters. The molecule has 6 heteroatoms. The average molecular weight is 263 g/mol. The van der Waals surface area contributed by atoms with E-state index in [0.29, 0.717) is 0 Å². The van der Waals surface area contributed by atoms with Crippen molar-refractivity contribution < 1.29 is 0 Å². The van der Waals surface area contributed by atoms with Gasteiger partial charge in [0, 0.05) is 31.0 Å². The summed E-state index contributed by atoms with van der Waals surface area (Å²) in [4.78, 5) is 8.45. The van der Waals surface area contributed by atoms with E-state index in [1.807, 2.05) is 25.6 Å². The lowest BCUT2D eigenvalue weighted by molar-refractivity contribution is 0.676. The molecule has 0 aliphatic heterocycles. The van der Waals surface area contributed by atoms with Gasteiger partial charge in [0.1, 0.15) is 5.03 Å². The molecule has 0 aliphatic carbocycles. The maximum absolute atomic E-state index is 5.89. The van der Waals surface area contributed by atoms with Crippen LogP contribution in [0.4, 0.5) is 0 Å². The van der Waals surface area contributed by atoms with E-state index in [9.17, 15) is 0 Å². The summed E-state index contributed by atoms with van der Waals surface area (Å²) in [5, 5.41) is 6.24. The predicted octanol–water partition coefficient (Wildman–Crippen LogP) is 1.56. The predicted molar refractivity (Wildman–Crippen MR) is 71.5 cm³/mol. The van der Waals surface area contributed by atoms with Gasteiger partial charge in [-0.3, -0.25) is 4.68 Å². The average Bonchev–Trinajstić information content (AvgIpc) is 2.57. The molecule has 18 heavy (non-hydrogen) atoms. The Morgan fingerprint density at radius 3 is 2.67 bits per heavy atom. The number of nitrogens with two attached hydrogens (primary N) is 1. The summed E-state index contributed by atoms with van der Waals surface area (Å²) in [7, 11) is 1.93. The van der Waals surface area contributed by atoms with Gasteiger partial charge in [0.2, 0.25) is 0 Å². The minimum Gasteiger partial charge on any atom is -0.328 e. The molecule has 0 amide bonds. The highest BCUT2D eigenvalue weighted by atomic mass is 32.2. The van der Waals surface area contributed by atoms with Crippen LogP contribution in [0.25, 0.3) is 0 Å². The minimum absolute atomic E-state index is 0.115. The Kier molecular flexibility index (Phi) is 3.98. The van der Waals surface area contributed by atoms with E-state index in [4.69, 9.17) is 5.73 Å². The van der Waals surface area contributed by atoms with Gasteiger partial charge in [-0.1, -0.05) is 0 Å². The van der Waals surface area contributed by atoms with Gasteiger partial charge in [0.25, 0.3) is 0 Å². The van der Waals surface area contributed by atoms with E-state index < -0.39 is 0 Å². The monoisotopic (exact) mass is 263 g/mol. The molecule has 0 bridgehead atoms. The van der Waals surface area contributed by atoms with Crippen molar-refractivity contribution in [2.45, 2.75) is 36.5 Å². The molecule has 1 atom stereocenters. The van der Waals surface area contributed by atoms with Crippen LogP contribution in [0.5, 0.6) is 0 Å². The van der Waals surface area contributed by atoms with Crippen LogP contribution in [0.1, 0.15) is 18.2 Å². The molecule has 2 rings (SSSR count). The van der Waals surface area contributed by atoms with Crippen LogP contribution in [0, 0.1) is 6.92 Å². The first-order valence-corrected chi connectivity index (χ1v) is 6.62. The lowest BCUT2D eigenvalue weighted by Gasteiger charge is -2.07. The third-order valence-corrected chi connectivity index (χ3v) is 3.64. The van der Waals surface area contributed by atoms with E-state index in [-0.39, 0.29) is 6.04 Å². The quantitative estimate of drug-likeness (QED) is 0.848. The standard InChI is InChI=1S/C12H17N5S/c1-8(13)7-10-9(2)16-17(3)11(10)18-12-14-5-4-6-15-12/h4-6,8H,7,13H2,1-3H3. The van der Waals surface area contributed by atoms with Crippen LogP contribution in [0.2, 0.25) is 0 Å². The molecule has 2 N–H and O–H groups in total. The highest BCUT2D eigenvalue weighted by Crippen LogP contribution is 2.29. The SMILES string of the molecule is Cc1nn(C)c(Sc2ncccn2)c1CC(C)N. The van der Waals surface area contributed by atoms with Gasteiger partial charge in [-0.15, -0.1) is 0 Å². The van der Waals surface area contributed by atoms with Crippen LogP contribution in [-0.2, 0) is 13.5 Å². The molecular formula is C12H17N5S. The minimum atomic E-state index is 0.115. The highest BCUT2D eigenvalue weighted by Gasteiger charge is 2.16. The molecule has 0 aromatic carbocycles. The smallest absolute Gasteiger partial charge is 0.193 e. The zero-order chi connectivity index (χ0) is 13.1. The second-order valence-corrected chi connectivity index (χ2v) is 5.26. The van der Waals surface area contributed by atoms with E-state index in [2.05, 4.69) is 15.1 Å². The molecule has 0 aliphatic rings. The summed E-state index contributed by atoms with van der Waals surface area (Å²) in [5.41, 5.74) is 8.09. The van der Waals surface area contributed by atoms with Crippen LogP contribution in [-0.4, -0.2) is 25.8 Å². The number of hydrogen-bond donors (Lipinski definition) is 1. The number of hydrogen-bond acceptors (Lipinski definition) is 5. The van der Waals surface area contributed by atoms with Gasteiger partial charge in [0.05, 0.1) is 5.69 Å². The maximum atomic E-state index is 5.89. The summed E-state index contributed by atoms with van der Waals surface area (Å²) in [6.45, 7) is 4.01. The van der Waals surface area contributed by atoms with E-state index in [0.717, 1.165) is 22.3 Å². The van der Waals surface area contributed by atoms with Crippen molar-refractivity contribution in [3.63, 3.8) is 0 Å². The number of aryl methyl sites for hydroxylation is 2. The topological polar surface area (TPSA) is 69.6 Å². The Morgan fingerprint density at radius 2 is 2.06 bits per heavy atom. The Hall–Kier alpha value is -1.40. The third-order valence-electron chi connectivity index (χ3n) is 2.54. The Bertz CT molecular complexity index is 521. The fourth-order valence-corrected chi connectivity index (χ4v) is 2.72. The lowest BCUT2D eigenvalue weighted by atomic mass is 10.1. The van der Waals surface area contributed by atoms with Gasteiger partial charge in [0.15, 0.2) is 5.16 Å². The Balaban J connectivity index is 2.32. The number of rotatable bonds is 4. The fraction of sp³-hybridized carbons (Fsp3) is 0.417. The molecule has 0 radical (unpaired) electrons. The van der Waals surface area contributed by atoms with Crippen LogP contribution < -0.4 is 5.73 Å². The molecule has 0 saturated carbocycles. The number of nitrogens with zero attached hydrogens (tertiary/aromatic N) is 4. The summed E-state index contributed by atoms with van der Waals surface area (Å²) < 4.78 is 1.87. The second kappa shape index (κ2) is 5.49. The number of aromatic nitrogens is 4. The van der Waals surface area contributed by atoms with Crippen molar-refractivity contribution in [2.24, 2.45) is 12.8 Å². The molecule has 0 saturated heterocycles. The van der Waals surface area contributed by atoms with Crippen molar-refractivity contribution in [1.29, 1.82) is 0 Å². The van der Waals surface area contributed by atoms with Gasteiger partial charge >= 0.3 is 0 Å². The first kappa shape index (κ1) is 13.0. The fourth-order valence-electron chi connectivity index (χ4n) is 1.79. The first-order valence-electron chi connectivity index (χ1n) is 5.81. The van der Waals surface area contributed by atoms with Gasteiger partial charge in [-0.25, -0.2) is 9.97 Å². The second-order valence-electron chi connectivity index (χ2n) is 4.31. The van der Waals surface area contributed by atoms with Crippen molar-refractivity contribution in [2.75, 3.05) is 0 Å².